The van der Waals surface area contributed by atoms with Gasteiger partial charge < -0.3 is 15.1 Å². The quantitative estimate of drug-likeness (QED) is 0.812. The van der Waals surface area contributed by atoms with Crippen molar-refractivity contribution in [1.29, 1.82) is 0 Å². The number of carbonyl (C=O) groups is 2. The van der Waals surface area contributed by atoms with Gasteiger partial charge in [0, 0.05) is 13.0 Å². The Hall–Kier alpha value is -1.47. The van der Waals surface area contributed by atoms with Crippen LogP contribution in [-0.4, -0.2) is 50.7 Å². The van der Waals surface area contributed by atoms with Gasteiger partial charge in [-0.05, 0) is 13.8 Å². The Labute approximate surface area is 108 Å². The number of β-amino-alcohol motifs (C(OH)–C–C–N with tert-alkyl or cyclic N) is 1. The maximum atomic E-state index is 12.3. The average molecular weight is 270 g/mol. The average Bonchev–Trinajstić information content (AvgIpc) is 2.81. The van der Waals surface area contributed by atoms with Crippen LogP contribution in [0.25, 0.3) is 0 Å². The highest BCUT2D eigenvalue weighted by atomic mass is 32.1. The molecule has 1 aliphatic heterocycles. The highest BCUT2D eigenvalue weighted by Crippen LogP contribution is 2.25. The molecule has 2 N–H and O–H groups in total. The van der Waals surface area contributed by atoms with Crippen LogP contribution in [0.3, 0.4) is 0 Å². The number of amides is 1. The van der Waals surface area contributed by atoms with Gasteiger partial charge in [-0.1, -0.05) is 0 Å². The van der Waals surface area contributed by atoms with Gasteiger partial charge in [-0.2, -0.15) is 0 Å². The summed E-state index contributed by atoms with van der Waals surface area (Å²) in [7, 11) is 0. The van der Waals surface area contributed by atoms with Gasteiger partial charge in [-0.3, -0.25) is 4.79 Å². The molecule has 18 heavy (non-hydrogen) atoms. The van der Waals surface area contributed by atoms with Gasteiger partial charge in [0.1, 0.15) is 10.9 Å². The molecule has 0 aromatic carbocycles. The number of carboxylic acids is 1. The summed E-state index contributed by atoms with van der Waals surface area (Å²) in [5.74, 6) is -1.44. The smallest absolute Gasteiger partial charge is 0.326 e. The number of aromatic nitrogens is 1. The zero-order chi connectivity index (χ0) is 13.4. The fourth-order valence-corrected chi connectivity index (χ4v) is 3.01. The molecule has 98 valence electrons. The van der Waals surface area contributed by atoms with E-state index in [1.165, 1.54) is 16.2 Å². The van der Waals surface area contributed by atoms with Gasteiger partial charge in [0.05, 0.1) is 16.8 Å². The summed E-state index contributed by atoms with van der Waals surface area (Å²) < 4.78 is 0. The van der Waals surface area contributed by atoms with Crippen molar-refractivity contribution in [3.63, 3.8) is 0 Å². The van der Waals surface area contributed by atoms with E-state index in [9.17, 15) is 14.7 Å². The van der Waals surface area contributed by atoms with Gasteiger partial charge in [-0.25, -0.2) is 9.78 Å². The highest BCUT2D eigenvalue weighted by molar-refractivity contribution is 7.13. The molecule has 0 unspecified atom stereocenters. The van der Waals surface area contributed by atoms with Crippen LogP contribution in [0.5, 0.6) is 0 Å². The van der Waals surface area contributed by atoms with Crippen molar-refractivity contribution in [2.45, 2.75) is 32.4 Å². The monoisotopic (exact) mass is 270 g/mol. The summed E-state index contributed by atoms with van der Waals surface area (Å²) in [6, 6.07) is -0.950. The van der Waals surface area contributed by atoms with Crippen LogP contribution < -0.4 is 0 Å². The number of aliphatic carboxylic acids is 1. The van der Waals surface area contributed by atoms with E-state index in [2.05, 4.69) is 4.98 Å². The van der Waals surface area contributed by atoms with E-state index >= 15 is 0 Å². The number of aryl methyl sites for hydroxylation is 2. The van der Waals surface area contributed by atoms with E-state index in [0.29, 0.717) is 10.6 Å². The van der Waals surface area contributed by atoms with E-state index in [-0.39, 0.29) is 18.9 Å². The standard InChI is InChI=1S/C11H14N2O4S/c1-5-9(18-6(2)12-5)10(15)13-4-7(14)3-8(13)11(16)17/h7-8,14H,3-4H2,1-2H3,(H,16,17)/t7-,8-/m1/s1. The normalized spacial score (nSPS) is 23.4. The first-order valence-electron chi connectivity index (χ1n) is 5.56. The molecule has 7 heteroatoms. The number of rotatable bonds is 2. The third-order valence-electron chi connectivity index (χ3n) is 2.92. The van der Waals surface area contributed by atoms with Crippen molar-refractivity contribution >= 4 is 23.2 Å². The second-order valence-electron chi connectivity index (χ2n) is 4.35. The minimum absolute atomic E-state index is 0.0617. The van der Waals surface area contributed by atoms with Crippen LogP contribution in [0.1, 0.15) is 26.8 Å². The molecule has 1 fully saturated rings. The number of hydrogen-bond acceptors (Lipinski definition) is 5. The van der Waals surface area contributed by atoms with Gasteiger partial charge in [0.2, 0.25) is 0 Å². The maximum absolute atomic E-state index is 12.3. The Kier molecular flexibility index (Phi) is 3.36. The Morgan fingerprint density at radius 1 is 1.44 bits per heavy atom. The van der Waals surface area contributed by atoms with Crippen LogP contribution in [0.15, 0.2) is 0 Å². The first-order chi connectivity index (χ1) is 8.40. The lowest BCUT2D eigenvalue weighted by molar-refractivity contribution is -0.141. The number of hydrogen-bond donors (Lipinski definition) is 2. The second kappa shape index (κ2) is 4.66. The summed E-state index contributed by atoms with van der Waals surface area (Å²) in [5.41, 5.74) is 0.605. The van der Waals surface area contributed by atoms with Crippen molar-refractivity contribution < 1.29 is 19.8 Å². The first kappa shape index (κ1) is 13.0. The van der Waals surface area contributed by atoms with Crippen molar-refractivity contribution in [2.24, 2.45) is 0 Å². The largest absolute Gasteiger partial charge is 0.480 e. The zero-order valence-corrected chi connectivity index (χ0v) is 10.9. The molecule has 1 aromatic heterocycles. The van der Waals surface area contributed by atoms with E-state index in [0.717, 1.165) is 5.01 Å². The SMILES string of the molecule is Cc1nc(C)c(C(=O)N2C[C@H](O)C[C@@H]2C(=O)O)s1. The topological polar surface area (TPSA) is 90.7 Å². The van der Waals surface area contributed by atoms with Gasteiger partial charge >= 0.3 is 5.97 Å². The highest BCUT2D eigenvalue weighted by Gasteiger charge is 2.40. The summed E-state index contributed by atoms with van der Waals surface area (Å²) in [6.07, 6.45) is -0.692. The Morgan fingerprint density at radius 3 is 2.61 bits per heavy atom. The first-order valence-corrected chi connectivity index (χ1v) is 6.37. The van der Waals surface area contributed by atoms with Crippen LogP contribution in [0, 0.1) is 13.8 Å². The number of carboxylic acid groups (broad SMARTS) is 1. The van der Waals surface area contributed by atoms with Crippen molar-refractivity contribution in [3.05, 3.63) is 15.6 Å². The van der Waals surface area contributed by atoms with Crippen LogP contribution in [0.2, 0.25) is 0 Å². The molecular weight excluding hydrogens is 256 g/mol. The summed E-state index contributed by atoms with van der Waals surface area (Å²) >= 11 is 1.25. The molecule has 0 saturated carbocycles. The lowest BCUT2D eigenvalue weighted by Gasteiger charge is -2.20. The van der Waals surface area contributed by atoms with Gasteiger partial charge in [0.15, 0.2) is 0 Å². The molecule has 2 rings (SSSR count). The molecule has 1 amide bonds. The maximum Gasteiger partial charge on any atom is 0.326 e. The molecule has 0 radical (unpaired) electrons. The second-order valence-corrected chi connectivity index (χ2v) is 5.55. The predicted octanol–water partition coefficient (Wildman–Crippen LogP) is 0.420. The predicted molar refractivity (Wildman–Crippen MR) is 64.7 cm³/mol. The van der Waals surface area contributed by atoms with Gasteiger partial charge in [-0.15, -0.1) is 11.3 Å². The third kappa shape index (κ3) is 2.23. The number of likely N-dealkylation sites (tertiary alicyclic amines) is 1. The number of aliphatic hydroxyl groups is 1. The summed E-state index contributed by atoms with van der Waals surface area (Å²) in [4.78, 5) is 29.2. The Balaban J connectivity index is 2.28. The van der Waals surface area contributed by atoms with E-state index in [1.54, 1.807) is 13.8 Å². The molecule has 0 aliphatic carbocycles. The molecule has 1 aromatic rings. The molecule has 1 saturated heterocycles. The lowest BCUT2D eigenvalue weighted by Crippen LogP contribution is -2.40. The van der Waals surface area contributed by atoms with Crippen LogP contribution in [0.4, 0.5) is 0 Å². The zero-order valence-electron chi connectivity index (χ0n) is 10.1. The molecule has 0 spiro atoms. The summed E-state index contributed by atoms with van der Waals surface area (Å²) in [6.45, 7) is 3.58. The van der Waals surface area contributed by atoms with Crippen LogP contribution in [-0.2, 0) is 4.79 Å². The van der Waals surface area contributed by atoms with Crippen molar-refractivity contribution in [2.75, 3.05) is 6.54 Å². The van der Waals surface area contributed by atoms with Crippen molar-refractivity contribution in [3.8, 4) is 0 Å². The fraction of sp³-hybridized carbons (Fsp3) is 0.545. The molecule has 0 bridgehead atoms. The minimum atomic E-state index is -1.08. The number of carbonyl (C=O) groups excluding carboxylic acids is 1. The molecule has 2 atom stereocenters. The Morgan fingerprint density at radius 2 is 2.11 bits per heavy atom. The van der Waals surface area contributed by atoms with Gasteiger partial charge in [0.25, 0.3) is 5.91 Å². The molecular formula is C11H14N2O4S. The van der Waals surface area contributed by atoms with Crippen LogP contribution >= 0.6 is 11.3 Å². The van der Waals surface area contributed by atoms with E-state index in [1.807, 2.05) is 0 Å². The fourth-order valence-electron chi connectivity index (χ4n) is 2.13. The number of thiazole rings is 1. The van der Waals surface area contributed by atoms with E-state index < -0.39 is 18.1 Å². The number of nitrogens with zero attached hydrogens (tertiary/aromatic N) is 2. The lowest BCUT2D eigenvalue weighted by atomic mass is 10.2. The molecule has 1 aliphatic rings. The minimum Gasteiger partial charge on any atom is -0.480 e. The summed E-state index contributed by atoms with van der Waals surface area (Å²) in [5, 5.41) is 19.3. The Bertz CT molecular complexity index is 499. The molecule has 2 heterocycles. The van der Waals surface area contributed by atoms with Crippen molar-refractivity contribution in [1.82, 2.24) is 9.88 Å². The van der Waals surface area contributed by atoms with E-state index in [4.69, 9.17) is 5.11 Å². The third-order valence-corrected chi connectivity index (χ3v) is 3.98. The molecule has 6 nitrogen and oxygen atoms in total. The number of aliphatic hydroxyl groups excluding tert-OH is 1.